The normalized spacial score (nSPS) is 10.8. The second-order valence-corrected chi connectivity index (χ2v) is 9.17. The minimum Gasteiger partial charge on any atom is -0.497 e. The van der Waals surface area contributed by atoms with Crippen molar-refractivity contribution in [2.24, 2.45) is 0 Å². The molecule has 0 saturated heterocycles. The minimum absolute atomic E-state index is 0.175. The summed E-state index contributed by atoms with van der Waals surface area (Å²) in [5, 5.41) is 7.94. The Balaban J connectivity index is 1.40. The lowest BCUT2D eigenvalue weighted by Crippen LogP contribution is -2.28. The molecule has 6 nitrogen and oxygen atoms in total. The lowest BCUT2D eigenvalue weighted by Gasteiger charge is -2.18. The summed E-state index contributed by atoms with van der Waals surface area (Å²) in [4.78, 5) is 13.5. The summed E-state index contributed by atoms with van der Waals surface area (Å²) in [6.07, 6.45) is 0.766. The molecule has 196 valence electrons. The summed E-state index contributed by atoms with van der Waals surface area (Å²) in [6, 6.07) is 37.8. The Kier molecular flexibility index (Phi) is 8.03. The molecule has 0 saturated carbocycles. The summed E-state index contributed by atoms with van der Waals surface area (Å²) in [5.74, 6) is 1.49. The van der Waals surface area contributed by atoms with Crippen molar-refractivity contribution in [2.75, 3.05) is 20.8 Å². The second-order valence-electron chi connectivity index (χ2n) is 9.17. The summed E-state index contributed by atoms with van der Waals surface area (Å²) >= 11 is 0. The molecular formula is C33H31N3O3. The quantitative estimate of drug-likeness (QED) is 0.229. The van der Waals surface area contributed by atoms with Crippen LogP contribution in [0.2, 0.25) is 0 Å². The zero-order chi connectivity index (χ0) is 27.0. The SMILES string of the molecule is COc1ccc(-c2cc(C(=O)NCCC(c3ccccc3)c3ccccc3)n(-c3ccc(OC)cc3)n2)cc1. The highest BCUT2D eigenvalue weighted by molar-refractivity contribution is 5.94. The van der Waals surface area contributed by atoms with Crippen molar-refractivity contribution in [1.29, 1.82) is 0 Å². The van der Waals surface area contributed by atoms with Gasteiger partial charge in [0.05, 0.1) is 25.6 Å². The molecular weight excluding hydrogens is 486 g/mol. The molecule has 1 N–H and O–H groups in total. The van der Waals surface area contributed by atoms with Crippen LogP contribution in [0.15, 0.2) is 115 Å². The van der Waals surface area contributed by atoms with Gasteiger partial charge in [-0.1, -0.05) is 60.7 Å². The van der Waals surface area contributed by atoms with Gasteiger partial charge in [-0.15, -0.1) is 0 Å². The van der Waals surface area contributed by atoms with Crippen LogP contribution in [0.5, 0.6) is 11.5 Å². The van der Waals surface area contributed by atoms with E-state index in [0.29, 0.717) is 17.9 Å². The highest BCUT2D eigenvalue weighted by atomic mass is 16.5. The van der Waals surface area contributed by atoms with Crippen molar-refractivity contribution >= 4 is 5.91 Å². The Morgan fingerprint density at radius 3 is 1.85 bits per heavy atom. The highest BCUT2D eigenvalue weighted by Gasteiger charge is 2.19. The molecule has 1 amide bonds. The van der Waals surface area contributed by atoms with E-state index in [1.807, 2.05) is 66.7 Å². The maximum Gasteiger partial charge on any atom is 0.270 e. The molecule has 0 fully saturated rings. The van der Waals surface area contributed by atoms with Crippen molar-refractivity contribution in [3.8, 4) is 28.4 Å². The number of benzene rings is 4. The first kappa shape index (κ1) is 25.8. The molecule has 0 unspecified atom stereocenters. The molecule has 0 aliphatic heterocycles. The van der Waals surface area contributed by atoms with Crippen LogP contribution in [0.4, 0.5) is 0 Å². The smallest absolute Gasteiger partial charge is 0.270 e. The van der Waals surface area contributed by atoms with E-state index >= 15 is 0 Å². The maximum atomic E-state index is 13.5. The Morgan fingerprint density at radius 2 is 1.31 bits per heavy atom. The molecule has 0 bridgehead atoms. The molecule has 0 spiro atoms. The fourth-order valence-corrected chi connectivity index (χ4v) is 4.68. The van der Waals surface area contributed by atoms with Gasteiger partial charge in [-0.2, -0.15) is 5.10 Å². The van der Waals surface area contributed by atoms with E-state index < -0.39 is 0 Å². The molecule has 4 aromatic carbocycles. The average Bonchev–Trinajstić information content (AvgIpc) is 3.46. The fourth-order valence-electron chi connectivity index (χ4n) is 4.68. The topological polar surface area (TPSA) is 65.4 Å². The zero-order valence-electron chi connectivity index (χ0n) is 22.1. The molecule has 0 aliphatic rings. The third kappa shape index (κ3) is 6.02. The summed E-state index contributed by atoms with van der Waals surface area (Å²) in [7, 11) is 3.26. The molecule has 6 heteroatoms. The van der Waals surface area contributed by atoms with Gasteiger partial charge in [0, 0.05) is 18.0 Å². The summed E-state index contributed by atoms with van der Waals surface area (Å²) in [5.41, 5.74) is 5.27. The standard InChI is InChI=1S/C33H31N3O3/c1-38-28-17-13-26(14-18-28)31-23-32(36(35-31)27-15-19-29(39-2)20-16-27)33(37)34-22-21-30(24-9-5-3-6-10-24)25-11-7-4-8-12-25/h3-20,23,30H,21-22H2,1-2H3,(H,34,37). The first-order valence-electron chi connectivity index (χ1n) is 12.9. The molecule has 0 atom stereocenters. The number of rotatable bonds is 10. The molecule has 1 heterocycles. The number of nitrogens with one attached hydrogen (secondary N) is 1. The molecule has 5 aromatic rings. The van der Waals surface area contributed by atoms with Crippen LogP contribution in [0.25, 0.3) is 16.9 Å². The fraction of sp³-hybridized carbons (Fsp3) is 0.152. The number of amides is 1. The van der Waals surface area contributed by atoms with Crippen LogP contribution in [0, 0.1) is 0 Å². The van der Waals surface area contributed by atoms with E-state index in [1.54, 1.807) is 18.9 Å². The number of methoxy groups -OCH3 is 2. The van der Waals surface area contributed by atoms with Crippen LogP contribution in [-0.2, 0) is 0 Å². The first-order valence-corrected chi connectivity index (χ1v) is 12.9. The van der Waals surface area contributed by atoms with Gasteiger partial charge < -0.3 is 14.8 Å². The molecule has 5 rings (SSSR count). The lowest BCUT2D eigenvalue weighted by atomic mass is 9.88. The third-order valence-electron chi connectivity index (χ3n) is 6.77. The largest absolute Gasteiger partial charge is 0.497 e. The number of carbonyl (C=O) groups excluding carboxylic acids is 1. The van der Waals surface area contributed by atoms with E-state index in [2.05, 4.69) is 53.8 Å². The number of nitrogens with zero attached hydrogens (tertiary/aromatic N) is 2. The minimum atomic E-state index is -0.182. The van der Waals surface area contributed by atoms with Crippen LogP contribution >= 0.6 is 0 Å². The van der Waals surface area contributed by atoms with Crippen LogP contribution in [-0.4, -0.2) is 36.5 Å². The van der Waals surface area contributed by atoms with E-state index in [1.165, 1.54) is 11.1 Å². The number of carbonyl (C=O) groups is 1. The van der Waals surface area contributed by atoms with Gasteiger partial charge in [0.1, 0.15) is 17.2 Å². The van der Waals surface area contributed by atoms with Gasteiger partial charge in [0.2, 0.25) is 0 Å². The highest BCUT2D eigenvalue weighted by Crippen LogP contribution is 2.28. The molecule has 0 radical (unpaired) electrons. The number of aromatic nitrogens is 2. The number of hydrogen-bond donors (Lipinski definition) is 1. The Morgan fingerprint density at radius 1 is 0.769 bits per heavy atom. The first-order chi connectivity index (χ1) is 19.2. The van der Waals surface area contributed by atoms with Crippen molar-refractivity contribution in [3.63, 3.8) is 0 Å². The van der Waals surface area contributed by atoms with E-state index in [0.717, 1.165) is 29.2 Å². The monoisotopic (exact) mass is 517 g/mol. The lowest BCUT2D eigenvalue weighted by molar-refractivity contribution is 0.0945. The van der Waals surface area contributed by atoms with Crippen LogP contribution in [0.3, 0.4) is 0 Å². The van der Waals surface area contributed by atoms with E-state index in [-0.39, 0.29) is 11.8 Å². The van der Waals surface area contributed by atoms with Gasteiger partial charge in [0.25, 0.3) is 5.91 Å². The second kappa shape index (κ2) is 12.1. The van der Waals surface area contributed by atoms with Gasteiger partial charge in [-0.25, -0.2) is 4.68 Å². The summed E-state index contributed by atoms with van der Waals surface area (Å²) < 4.78 is 12.3. The Bertz CT molecular complexity index is 1460. The number of ether oxygens (including phenoxy) is 2. The maximum absolute atomic E-state index is 13.5. The Hall–Kier alpha value is -4.84. The van der Waals surface area contributed by atoms with E-state index in [4.69, 9.17) is 14.6 Å². The van der Waals surface area contributed by atoms with Crippen molar-refractivity contribution in [1.82, 2.24) is 15.1 Å². The summed E-state index contributed by atoms with van der Waals surface area (Å²) in [6.45, 7) is 0.513. The van der Waals surface area contributed by atoms with Crippen molar-refractivity contribution in [3.05, 3.63) is 132 Å². The van der Waals surface area contributed by atoms with Gasteiger partial charge in [0.15, 0.2) is 0 Å². The number of hydrogen-bond acceptors (Lipinski definition) is 4. The third-order valence-corrected chi connectivity index (χ3v) is 6.77. The molecule has 0 aliphatic carbocycles. The zero-order valence-corrected chi connectivity index (χ0v) is 22.1. The van der Waals surface area contributed by atoms with Gasteiger partial charge in [-0.05, 0) is 72.1 Å². The van der Waals surface area contributed by atoms with Crippen molar-refractivity contribution in [2.45, 2.75) is 12.3 Å². The van der Waals surface area contributed by atoms with E-state index in [9.17, 15) is 4.79 Å². The Labute approximate surface area is 228 Å². The van der Waals surface area contributed by atoms with Crippen LogP contribution < -0.4 is 14.8 Å². The predicted octanol–water partition coefficient (Wildman–Crippen LogP) is 6.51. The average molecular weight is 518 g/mol. The molecule has 1 aromatic heterocycles. The van der Waals surface area contributed by atoms with Gasteiger partial charge >= 0.3 is 0 Å². The van der Waals surface area contributed by atoms with Crippen LogP contribution in [0.1, 0.15) is 34.0 Å². The molecule has 39 heavy (non-hydrogen) atoms. The van der Waals surface area contributed by atoms with Crippen molar-refractivity contribution < 1.29 is 14.3 Å². The predicted molar refractivity (Wildman–Crippen MR) is 154 cm³/mol. The van der Waals surface area contributed by atoms with Gasteiger partial charge in [-0.3, -0.25) is 4.79 Å².